The molecule has 0 aliphatic rings. The lowest BCUT2D eigenvalue weighted by molar-refractivity contribution is 0.0955. The average Bonchev–Trinajstić information content (AvgIpc) is 2.64. The molecule has 31 heavy (non-hydrogen) atoms. The Morgan fingerprint density at radius 2 is 1.39 bits per heavy atom. The normalized spacial score (nSPS) is 12.1. The maximum atomic E-state index is 13.1. The Hall–Kier alpha value is -2.09. The Labute approximate surface area is 192 Å². The lowest BCUT2D eigenvalue weighted by atomic mass is 9.81. The highest BCUT2D eigenvalue weighted by atomic mass is 35.5. The minimum atomic E-state index is -3.79. The van der Waals surface area contributed by atoms with Crippen molar-refractivity contribution in [1.82, 2.24) is 5.32 Å². The third-order valence-corrected chi connectivity index (χ3v) is 6.14. The molecule has 2 aromatic carbocycles. The van der Waals surface area contributed by atoms with Gasteiger partial charge < -0.3 is 11.1 Å². The Balaban J connectivity index is 0.00000480. The quantitative estimate of drug-likeness (QED) is 0.592. The van der Waals surface area contributed by atoms with E-state index in [4.69, 9.17) is 5.73 Å². The number of nitrogens with one attached hydrogen (secondary N) is 2. The molecule has 1 amide bonds. The van der Waals surface area contributed by atoms with Crippen molar-refractivity contribution in [3.63, 3.8) is 0 Å². The molecule has 0 radical (unpaired) electrons. The molecule has 0 saturated carbocycles. The van der Waals surface area contributed by atoms with Crippen LogP contribution in [0.15, 0.2) is 47.4 Å². The van der Waals surface area contributed by atoms with Gasteiger partial charge in [0.05, 0.1) is 4.90 Å². The molecule has 0 atom stereocenters. The van der Waals surface area contributed by atoms with Gasteiger partial charge in [-0.25, -0.2) is 8.42 Å². The number of sulfonamides is 1. The van der Waals surface area contributed by atoms with Gasteiger partial charge in [0.25, 0.3) is 15.9 Å². The fourth-order valence-electron chi connectivity index (χ4n) is 2.81. The maximum absolute atomic E-state index is 13.1. The molecular formula is C23H34ClN3O3S. The second kappa shape index (κ2) is 10.0. The average molecular weight is 468 g/mol. The molecule has 0 bridgehead atoms. The first kappa shape index (κ1) is 26.9. The first-order valence-electron chi connectivity index (χ1n) is 10.0. The smallest absolute Gasteiger partial charge is 0.261 e. The van der Waals surface area contributed by atoms with Crippen molar-refractivity contribution in [2.24, 2.45) is 5.73 Å². The third kappa shape index (κ3) is 7.23. The van der Waals surface area contributed by atoms with E-state index in [1.54, 1.807) is 36.4 Å². The van der Waals surface area contributed by atoms with Crippen LogP contribution >= 0.6 is 12.4 Å². The number of amides is 1. The number of hydrogen-bond acceptors (Lipinski definition) is 4. The SMILES string of the molecule is CC(C)(C)c1cc(C(C)(C)C)cc(S(=O)(=O)Nc2ccc(C(=O)NCCN)cc2)c1.Cl. The second-order valence-corrected chi connectivity index (χ2v) is 11.2. The molecule has 172 valence electrons. The Bertz CT molecular complexity index is 974. The number of nitrogens with two attached hydrogens (primary N) is 1. The van der Waals surface area contributed by atoms with Crippen molar-refractivity contribution in [3.8, 4) is 0 Å². The van der Waals surface area contributed by atoms with Gasteiger partial charge in [-0.15, -0.1) is 12.4 Å². The standard InChI is InChI=1S/C23H33N3O3S.ClH/c1-22(2,3)17-13-18(23(4,5)6)15-20(14-17)30(28,29)26-19-9-7-16(8-10-19)21(27)25-12-11-24;/h7-10,13-15,26H,11-12,24H2,1-6H3,(H,25,27);1H. The molecule has 8 heteroatoms. The van der Waals surface area contributed by atoms with Gasteiger partial charge in [-0.05, 0) is 58.4 Å². The van der Waals surface area contributed by atoms with E-state index in [9.17, 15) is 13.2 Å². The summed E-state index contributed by atoms with van der Waals surface area (Å²) in [5, 5.41) is 2.68. The van der Waals surface area contributed by atoms with Gasteiger partial charge in [0, 0.05) is 24.3 Å². The predicted octanol–water partition coefficient (Wildman–Crippen LogP) is 4.19. The van der Waals surface area contributed by atoms with Crippen molar-refractivity contribution in [1.29, 1.82) is 0 Å². The van der Waals surface area contributed by atoms with Crippen LogP contribution in [-0.2, 0) is 20.9 Å². The molecule has 0 fully saturated rings. The third-order valence-electron chi connectivity index (χ3n) is 4.78. The molecule has 6 nitrogen and oxygen atoms in total. The van der Waals surface area contributed by atoms with Crippen LogP contribution < -0.4 is 15.8 Å². The second-order valence-electron chi connectivity index (χ2n) is 9.47. The molecule has 0 aliphatic carbocycles. The van der Waals surface area contributed by atoms with Crippen LogP contribution in [0, 0.1) is 0 Å². The van der Waals surface area contributed by atoms with Gasteiger partial charge in [0.2, 0.25) is 0 Å². The number of rotatable bonds is 6. The van der Waals surface area contributed by atoms with Crippen molar-refractivity contribution >= 4 is 34.0 Å². The summed E-state index contributed by atoms with van der Waals surface area (Å²) < 4.78 is 28.9. The van der Waals surface area contributed by atoms with Gasteiger partial charge in [0.1, 0.15) is 0 Å². The van der Waals surface area contributed by atoms with Crippen molar-refractivity contribution < 1.29 is 13.2 Å². The summed E-state index contributed by atoms with van der Waals surface area (Å²) in [5.41, 5.74) is 7.76. The Morgan fingerprint density at radius 1 is 0.903 bits per heavy atom. The summed E-state index contributed by atoms with van der Waals surface area (Å²) in [6.45, 7) is 13.1. The topological polar surface area (TPSA) is 101 Å². The van der Waals surface area contributed by atoms with Crippen molar-refractivity contribution in [2.75, 3.05) is 17.8 Å². The van der Waals surface area contributed by atoms with Gasteiger partial charge in [-0.3, -0.25) is 9.52 Å². The van der Waals surface area contributed by atoms with E-state index in [1.807, 2.05) is 0 Å². The van der Waals surface area contributed by atoms with Crippen LogP contribution in [0.25, 0.3) is 0 Å². The summed E-state index contributed by atoms with van der Waals surface area (Å²) in [6.07, 6.45) is 0. The maximum Gasteiger partial charge on any atom is 0.261 e. The first-order valence-corrected chi connectivity index (χ1v) is 11.5. The number of hydrogen-bond donors (Lipinski definition) is 3. The van der Waals surface area contributed by atoms with Gasteiger partial charge in [0.15, 0.2) is 0 Å². The predicted molar refractivity (Wildman–Crippen MR) is 130 cm³/mol. The minimum absolute atomic E-state index is 0. The molecule has 0 aliphatic heterocycles. The highest BCUT2D eigenvalue weighted by Crippen LogP contribution is 2.32. The van der Waals surface area contributed by atoms with E-state index in [2.05, 4.69) is 57.6 Å². The van der Waals surface area contributed by atoms with Crippen molar-refractivity contribution in [2.45, 2.75) is 57.3 Å². The molecule has 2 rings (SSSR count). The number of carbonyl (C=O) groups excluding carboxylic acids is 1. The van der Waals surface area contributed by atoms with Crippen LogP contribution in [0.4, 0.5) is 5.69 Å². The molecule has 0 spiro atoms. The van der Waals surface area contributed by atoms with E-state index in [0.29, 0.717) is 24.3 Å². The number of carbonyl (C=O) groups is 1. The summed E-state index contributed by atoms with van der Waals surface area (Å²) in [5.74, 6) is -0.248. The number of anilines is 1. The highest BCUT2D eigenvalue weighted by molar-refractivity contribution is 7.92. The van der Waals surface area contributed by atoms with Crippen LogP contribution in [0.2, 0.25) is 0 Å². The van der Waals surface area contributed by atoms with Crippen LogP contribution in [0.1, 0.15) is 63.0 Å². The zero-order valence-corrected chi connectivity index (χ0v) is 20.7. The summed E-state index contributed by atoms with van der Waals surface area (Å²) in [6, 6.07) is 11.8. The van der Waals surface area contributed by atoms with Crippen LogP contribution in [0.5, 0.6) is 0 Å². The number of benzene rings is 2. The summed E-state index contributed by atoms with van der Waals surface area (Å²) in [4.78, 5) is 12.2. The lowest BCUT2D eigenvalue weighted by Crippen LogP contribution is -2.28. The molecule has 0 unspecified atom stereocenters. The van der Waals surface area contributed by atoms with E-state index < -0.39 is 10.0 Å². The molecule has 4 N–H and O–H groups in total. The fourth-order valence-corrected chi connectivity index (χ4v) is 3.94. The van der Waals surface area contributed by atoms with Crippen LogP contribution in [0.3, 0.4) is 0 Å². The Morgan fingerprint density at radius 3 is 1.81 bits per heavy atom. The molecule has 0 aromatic heterocycles. The largest absolute Gasteiger partial charge is 0.351 e. The first-order chi connectivity index (χ1) is 13.7. The monoisotopic (exact) mass is 467 g/mol. The summed E-state index contributed by atoms with van der Waals surface area (Å²) >= 11 is 0. The zero-order chi connectivity index (χ0) is 22.7. The zero-order valence-electron chi connectivity index (χ0n) is 19.1. The Kier molecular flexibility index (Phi) is 8.71. The highest BCUT2D eigenvalue weighted by Gasteiger charge is 2.24. The fraction of sp³-hybridized carbons (Fsp3) is 0.435. The minimum Gasteiger partial charge on any atom is -0.351 e. The van der Waals surface area contributed by atoms with E-state index >= 15 is 0 Å². The van der Waals surface area contributed by atoms with Crippen LogP contribution in [-0.4, -0.2) is 27.4 Å². The van der Waals surface area contributed by atoms with Gasteiger partial charge >= 0.3 is 0 Å². The molecule has 0 saturated heterocycles. The molecular weight excluding hydrogens is 434 g/mol. The molecule has 0 heterocycles. The van der Waals surface area contributed by atoms with Crippen molar-refractivity contribution in [3.05, 3.63) is 59.2 Å². The lowest BCUT2D eigenvalue weighted by Gasteiger charge is -2.26. The molecule has 2 aromatic rings. The van der Waals surface area contributed by atoms with E-state index in [-0.39, 0.29) is 34.0 Å². The van der Waals surface area contributed by atoms with E-state index in [0.717, 1.165) is 11.1 Å². The van der Waals surface area contributed by atoms with Gasteiger partial charge in [-0.1, -0.05) is 47.6 Å². The van der Waals surface area contributed by atoms with Gasteiger partial charge in [-0.2, -0.15) is 0 Å². The number of halogens is 1. The summed E-state index contributed by atoms with van der Waals surface area (Å²) in [7, 11) is -3.79. The van der Waals surface area contributed by atoms with E-state index in [1.165, 1.54) is 0 Å².